The first-order valence-corrected chi connectivity index (χ1v) is 7.80. The van der Waals surface area contributed by atoms with Gasteiger partial charge in [0.1, 0.15) is 0 Å². The third kappa shape index (κ3) is 4.24. The van der Waals surface area contributed by atoms with Crippen molar-refractivity contribution in [3.05, 3.63) is 47.5 Å². The lowest BCUT2D eigenvalue weighted by Gasteiger charge is -2.13. The lowest BCUT2D eigenvalue weighted by Crippen LogP contribution is -2.21. The number of methoxy groups -OCH3 is 4. The zero-order chi connectivity index (χ0) is 19.1. The van der Waals surface area contributed by atoms with Gasteiger partial charge in [0.2, 0.25) is 0 Å². The van der Waals surface area contributed by atoms with Crippen molar-refractivity contribution in [1.82, 2.24) is 5.01 Å². The van der Waals surface area contributed by atoms with Crippen molar-refractivity contribution in [3.63, 3.8) is 0 Å². The van der Waals surface area contributed by atoms with Gasteiger partial charge in [-0.3, -0.25) is 4.79 Å². The summed E-state index contributed by atoms with van der Waals surface area (Å²) in [5, 5.41) is 5.44. The van der Waals surface area contributed by atoms with Crippen LogP contribution in [0.25, 0.3) is 0 Å². The van der Waals surface area contributed by atoms with E-state index in [9.17, 15) is 4.79 Å². The number of hydrogen-bond donors (Lipinski definition) is 0. The molecule has 0 radical (unpaired) electrons. The van der Waals surface area contributed by atoms with Crippen LogP contribution in [0, 0.1) is 0 Å². The molecule has 0 aliphatic heterocycles. The first kappa shape index (κ1) is 19.1. The minimum absolute atomic E-state index is 0.275. The Morgan fingerprint density at radius 1 is 0.846 bits per heavy atom. The Balaban J connectivity index is 2.17. The van der Waals surface area contributed by atoms with E-state index in [4.69, 9.17) is 18.9 Å². The maximum absolute atomic E-state index is 12.5. The smallest absolute Gasteiger partial charge is 0.273 e. The Morgan fingerprint density at radius 2 is 1.38 bits per heavy atom. The van der Waals surface area contributed by atoms with Crippen molar-refractivity contribution in [3.8, 4) is 23.0 Å². The molecular formula is C19H22N2O5. The van der Waals surface area contributed by atoms with Gasteiger partial charge < -0.3 is 18.9 Å². The quantitative estimate of drug-likeness (QED) is 0.562. The molecule has 0 atom stereocenters. The molecule has 0 fully saturated rings. The molecule has 0 aromatic heterocycles. The Kier molecular flexibility index (Phi) is 6.43. The molecule has 0 bridgehead atoms. The van der Waals surface area contributed by atoms with Gasteiger partial charge in [0.15, 0.2) is 23.0 Å². The first-order chi connectivity index (χ1) is 12.5. The lowest BCUT2D eigenvalue weighted by atomic mass is 10.2. The summed E-state index contributed by atoms with van der Waals surface area (Å²) in [6.45, 7) is 0. The highest BCUT2D eigenvalue weighted by atomic mass is 16.5. The fraction of sp³-hybridized carbons (Fsp3) is 0.263. The predicted molar refractivity (Wildman–Crippen MR) is 98.8 cm³/mol. The van der Waals surface area contributed by atoms with Gasteiger partial charge in [0.05, 0.1) is 34.7 Å². The van der Waals surface area contributed by atoms with Crippen molar-refractivity contribution in [1.29, 1.82) is 0 Å². The molecular weight excluding hydrogens is 336 g/mol. The topological polar surface area (TPSA) is 69.6 Å². The molecule has 0 aliphatic carbocycles. The van der Waals surface area contributed by atoms with Crippen molar-refractivity contribution in [2.24, 2.45) is 5.10 Å². The summed E-state index contributed by atoms with van der Waals surface area (Å²) in [7, 11) is 7.77. The van der Waals surface area contributed by atoms with Gasteiger partial charge in [-0.1, -0.05) is 0 Å². The number of amides is 1. The molecule has 0 saturated heterocycles. The lowest BCUT2D eigenvalue weighted by molar-refractivity contribution is 0.0800. The van der Waals surface area contributed by atoms with Crippen LogP contribution in [0.15, 0.2) is 41.5 Å². The van der Waals surface area contributed by atoms with Crippen LogP contribution in [-0.4, -0.2) is 52.6 Å². The largest absolute Gasteiger partial charge is 0.493 e. The number of carbonyl (C=O) groups is 1. The predicted octanol–water partition coefficient (Wildman–Crippen LogP) is 2.83. The van der Waals surface area contributed by atoms with E-state index < -0.39 is 0 Å². The van der Waals surface area contributed by atoms with E-state index in [1.165, 1.54) is 12.1 Å². The molecule has 7 heteroatoms. The van der Waals surface area contributed by atoms with Gasteiger partial charge in [0.25, 0.3) is 5.91 Å². The molecule has 0 heterocycles. The number of carbonyl (C=O) groups excluding carboxylic acids is 1. The summed E-state index contributed by atoms with van der Waals surface area (Å²) in [5.74, 6) is 1.98. The number of benzene rings is 2. The Labute approximate surface area is 152 Å². The number of hydrogen-bond acceptors (Lipinski definition) is 6. The molecule has 7 nitrogen and oxygen atoms in total. The highest BCUT2D eigenvalue weighted by molar-refractivity contribution is 5.95. The molecule has 2 aromatic rings. The summed E-state index contributed by atoms with van der Waals surface area (Å²) in [6.07, 6.45) is 1.57. The minimum Gasteiger partial charge on any atom is -0.493 e. The zero-order valence-electron chi connectivity index (χ0n) is 15.5. The number of nitrogens with zero attached hydrogens (tertiary/aromatic N) is 2. The van der Waals surface area contributed by atoms with E-state index in [1.807, 2.05) is 6.07 Å². The van der Waals surface area contributed by atoms with E-state index in [0.717, 1.165) is 5.56 Å². The molecule has 0 aliphatic rings. The standard InChI is InChI=1S/C19H22N2O5/c1-21(19(22)14-7-9-16(24-3)18(11-14)26-5)20-12-13-6-8-15(23-2)17(10-13)25-4/h6-12H,1-5H3/b20-12+. The second-order valence-corrected chi connectivity index (χ2v) is 5.26. The maximum atomic E-state index is 12.5. The van der Waals surface area contributed by atoms with E-state index in [2.05, 4.69) is 5.10 Å². The Morgan fingerprint density at radius 3 is 1.96 bits per heavy atom. The maximum Gasteiger partial charge on any atom is 0.273 e. The third-order valence-corrected chi connectivity index (χ3v) is 3.71. The summed E-state index contributed by atoms with van der Waals surface area (Å²) in [5.41, 5.74) is 1.21. The van der Waals surface area contributed by atoms with Crippen molar-refractivity contribution < 1.29 is 23.7 Å². The van der Waals surface area contributed by atoms with Crippen molar-refractivity contribution >= 4 is 12.1 Å². The molecule has 0 saturated carbocycles. The van der Waals surface area contributed by atoms with Gasteiger partial charge in [-0.15, -0.1) is 0 Å². The second-order valence-electron chi connectivity index (χ2n) is 5.26. The average molecular weight is 358 g/mol. The first-order valence-electron chi connectivity index (χ1n) is 7.80. The van der Waals surface area contributed by atoms with Gasteiger partial charge in [-0.2, -0.15) is 5.10 Å². The second kappa shape index (κ2) is 8.75. The van der Waals surface area contributed by atoms with Crippen molar-refractivity contribution in [2.75, 3.05) is 35.5 Å². The molecule has 2 aromatic carbocycles. The van der Waals surface area contributed by atoms with Crippen LogP contribution in [0.2, 0.25) is 0 Å². The Bertz CT molecular complexity index is 805. The van der Waals surface area contributed by atoms with E-state index in [1.54, 1.807) is 64.9 Å². The zero-order valence-corrected chi connectivity index (χ0v) is 15.5. The van der Waals surface area contributed by atoms with Gasteiger partial charge in [0, 0.05) is 12.6 Å². The van der Waals surface area contributed by atoms with Crippen molar-refractivity contribution in [2.45, 2.75) is 0 Å². The summed E-state index contributed by atoms with van der Waals surface area (Å²) in [6, 6.07) is 10.3. The van der Waals surface area contributed by atoms with E-state index >= 15 is 0 Å². The van der Waals surface area contributed by atoms with Crippen LogP contribution in [0.5, 0.6) is 23.0 Å². The van der Waals surface area contributed by atoms with E-state index in [-0.39, 0.29) is 5.91 Å². The molecule has 0 unspecified atom stereocenters. The monoisotopic (exact) mass is 358 g/mol. The minimum atomic E-state index is -0.275. The van der Waals surface area contributed by atoms with Crippen LogP contribution in [-0.2, 0) is 0 Å². The van der Waals surface area contributed by atoms with Crippen LogP contribution in [0.4, 0.5) is 0 Å². The highest BCUT2D eigenvalue weighted by Gasteiger charge is 2.14. The average Bonchev–Trinajstić information content (AvgIpc) is 2.70. The number of ether oxygens (including phenoxy) is 4. The SMILES string of the molecule is COc1ccc(/C=N/N(C)C(=O)c2ccc(OC)c(OC)c2)cc1OC. The summed E-state index contributed by atoms with van der Waals surface area (Å²) in [4.78, 5) is 12.5. The van der Waals surface area contributed by atoms with Crippen LogP contribution >= 0.6 is 0 Å². The fourth-order valence-electron chi connectivity index (χ4n) is 2.29. The molecule has 0 N–H and O–H groups in total. The summed E-state index contributed by atoms with van der Waals surface area (Å²) < 4.78 is 20.9. The van der Waals surface area contributed by atoms with Crippen LogP contribution in [0.1, 0.15) is 15.9 Å². The third-order valence-electron chi connectivity index (χ3n) is 3.71. The van der Waals surface area contributed by atoms with Gasteiger partial charge in [-0.05, 0) is 42.0 Å². The normalized spacial score (nSPS) is 10.5. The van der Waals surface area contributed by atoms with Crippen LogP contribution < -0.4 is 18.9 Å². The van der Waals surface area contributed by atoms with E-state index in [0.29, 0.717) is 28.6 Å². The molecule has 26 heavy (non-hydrogen) atoms. The van der Waals surface area contributed by atoms with Gasteiger partial charge >= 0.3 is 0 Å². The Hall–Kier alpha value is -3.22. The molecule has 2 rings (SSSR count). The number of rotatable bonds is 7. The van der Waals surface area contributed by atoms with Crippen LogP contribution in [0.3, 0.4) is 0 Å². The highest BCUT2D eigenvalue weighted by Crippen LogP contribution is 2.28. The summed E-state index contributed by atoms with van der Waals surface area (Å²) >= 11 is 0. The van der Waals surface area contributed by atoms with Gasteiger partial charge in [-0.25, -0.2) is 5.01 Å². The number of hydrazone groups is 1. The molecule has 0 spiro atoms. The molecule has 1 amide bonds. The molecule has 138 valence electrons. The fourth-order valence-corrected chi connectivity index (χ4v) is 2.29.